The van der Waals surface area contributed by atoms with Crippen molar-refractivity contribution in [2.45, 2.75) is 12.9 Å². The Hall–Kier alpha value is -5.01. The number of hydrogen-bond donors (Lipinski definition) is 2. The van der Waals surface area contributed by atoms with Crippen molar-refractivity contribution < 1.29 is 27.4 Å². The molecule has 10 nitrogen and oxygen atoms in total. The van der Waals surface area contributed by atoms with Gasteiger partial charge in [0.25, 0.3) is 5.91 Å². The number of fused-ring (bicyclic) bond motifs is 1. The maximum absolute atomic E-state index is 12.9. The van der Waals surface area contributed by atoms with E-state index in [-0.39, 0.29) is 23.3 Å². The maximum Gasteiger partial charge on any atom is 0.573 e. The molecular weight excluding hydrogens is 563 g/mol. The molecular formula is C30H26F3N7O3. The summed E-state index contributed by atoms with van der Waals surface area (Å²) in [6.07, 6.45) is -1.55. The number of nitrogens with one attached hydrogen (secondary N) is 2. The van der Waals surface area contributed by atoms with Gasteiger partial charge in [0.15, 0.2) is 0 Å². The van der Waals surface area contributed by atoms with Crippen LogP contribution in [0.1, 0.15) is 16.1 Å². The molecule has 1 amide bonds. The average molecular weight is 590 g/mol. The highest BCUT2D eigenvalue weighted by Crippen LogP contribution is 2.29. The van der Waals surface area contributed by atoms with Crippen molar-refractivity contribution in [1.29, 1.82) is 0 Å². The first-order valence-electron chi connectivity index (χ1n) is 13.4. The summed E-state index contributed by atoms with van der Waals surface area (Å²) < 4.78 is 48.7. The fraction of sp³-hybridized carbons (Fsp3) is 0.200. The van der Waals surface area contributed by atoms with Gasteiger partial charge in [-0.3, -0.25) is 9.69 Å². The van der Waals surface area contributed by atoms with E-state index in [2.05, 4.69) is 35.3 Å². The van der Waals surface area contributed by atoms with Crippen molar-refractivity contribution in [3.8, 4) is 17.0 Å². The molecule has 43 heavy (non-hydrogen) atoms. The molecule has 0 bridgehead atoms. The molecule has 0 unspecified atom stereocenters. The predicted octanol–water partition coefficient (Wildman–Crippen LogP) is 5.52. The second-order valence-electron chi connectivity index (χ2n) is 9.79. The molecule has 5 aromatic rings. The number of carbonyl (C=O) groups excluding carboxylic acids is 1. The van der Waals surface area contributed by atoms with Gasteiger partial charge in [0.1, 0.15) is 17.1 Å². The zero-order chi connectivity index (χ0) is 29.8. The smallest absolute Gasteiger partial charge is 0.406 e. The molecule has 1 aliphatic heterocycles. The summed E-state index contributed by atoms with van der Waals surface area (Å²) in [6, 6.07) is 20.0. The van der Waals surface area contributed by atoms with Crippen molar-refractivity contribution in [2.24, 2.45) is 0 Å². The number of benzene rings is 2. The number of carbonyl (C=O) groups is 1. The number of amides is 1. The lowest BCUT2D eigenvalue weighted by Crippen LogP contribution is -2.35. The zero-order valence-electron chi connectivity index (χ0n) is 22.7. The minimum atomic E-state index is -4.78. The third kappa shape index (κ3) is 7.08. The van der Waals surface area contributed by atoms with E-state index in [1.807, 2.05) is 24.3 Å². The summed E-state index contributed by atoms with van der Waals surface area (Å²) in [5.74, 6) is -0.448. The fourth-order valence-corrected chi connectivity index (χ4v) is 4.71. The number of morpholine rings is 1. The number of nitrogens with zero attached hydrogens (tertiary/aromatic N) is 5. The Morgan fingerprint density at radius 2 is 1.79 bits per heavy atom. The van der Waals surface area contributed by atoms with Crippen LogP contribution in [-0.4, -0.2) is 63.1 Å². The molecule has 13 heteroatoms. The van der Waals surface area contributed by atoms with Crippen LogP contribution in [0.25, 0.3) is 16.8 Å². The minimum absolute atomic E-state index is 0.227. The highest BCUT2D eigenvalue weighted by molar-refractivity contribution is 6.03. The van der Waals surface area contributed by atoms with E-state index in [1.165, 1.54) is 30.5 Å². The second kappa shape index (κ2) is 12.1. The lowest BCUT2D eigenvalue weighted by molar-refractivity contribution is -0.274. The summed E-state index contributed by atoms with van der Waals surface area (Å²) in [6.45, 7) is 3.97. The first kappa shape index (κ1) is 28.1. The Kier molecular flexibility index (Phi) is 7.90. The Bertz CT molecular complexity index is 1720. The summed E-state index contributed by atoms with van der Waals surface area (Å²) in [5.41, 5.74) is 4.27. The Morgan fingerprint density at radius 1 is 0.977 bits per heavy atom. The molecule has 1 fully saturated rings. The van der Waals surface area contributed by atoms with E-state index in [1.54, 1.807) is 35.0 Å². The number of alkyl halides is 3. The van der Waals surface area contributed by atoms with Gasteiger partial charge in [-0.2, -0.15) is 0 Å². The fourth-order valence-electron chi connectivity index (χ4n) is 4.71. The van der Waals surface area contributed by atoms with E-state index in [4.69, 9.17) is 4.74 Å². The molecule has 220 valence electrons. The normalized spacial score (nSPS) is 14.0. The second-order valence-corrected chi connectivity index (χ2v) is 9.79. The quantitative estimate of drug-likeness (QED) is 0.244. The van der Waals surface area contributed by atoms with E-state index >= 15 is 0 Å². The SMILES string of the molecule is O=C(Nc1cccc(CN2CCOCC2)c1)c1ccc(Nc2nc(-c3ccc(OC(F)(F)F)cc3)c3cccn3n2)cn1. The third-order valence-corrected chi connectivity index (χ3v) is 6.70. The third-order valence-electron chi connectivity index (χ3n) is 6.70. The minimum Gasteiger partial charge on any atom is -0.406 e. The lowest BCUT2D eigenvalue weighted by atomic mass is 10.1. The predicted molar refractivity (Wildman–Crippen MR) is 153 cm³/mol. The number of hydrogen-bond acceptors (Lipinski definition) is 8. The summed E-state index contributed by atoms with van der Waals surface area (Å²) in [4.78, 5) is 24.1. The Balaban J connectivity index is 1.14. The van der Waals surface area contributed by atoms with Gasteiger partial charge in [-0.1, -0.05) is 12.1 Å². The standard InChI is InChI=1S/C30H26F3N7O3/c31-30(32,33)43-24-9-6-21(7-10-24)27-26-5-2-12-40(26)38-29(37-27)36-23-8-11-25(34-18-23)28(41)35-22-4-1-3-20(17-22)19-39-13-15-42-16-14-39/h1-12,17-18H,13-16,19H2,(H,35,41)(H,36,38). The van der Waals surface area contributed by atoms with E-state index in [9.17, 15) is 18.0 Å². The van der Waals surface area contributed by atoms with Crippen LogP contribution >= 0.6 is 0 Å². The molecule has 0 atom stereocenters. The van der Waals surface area contributed by atoms with Gasteiger partial charge in [-0.15, -0.1) is 18.3 Å². The molecule has 0 saturated carbocycles. The van der Waals surface area contributed by atoms with Gasteiger partial charge in [-0.05, 0) is 66.2 Å². The Morgan fingerprint density at radius 3 is 2.53 bits per heavy atom. The van der Waals surface area contributed by atoms with Gasteiger partial charge in [0, 0.05) is 37.1 Å². The molecule has 0 aliphatic carbocycles. The molecule has 0 radical (unpaired) electrons. The van der Waals surface area contributed by atoms with Gasteiger partial charge >= 0.3 is 6.36 Å². The van der Waals surface area contributed by atoms with Crippen LogP contribution in [0.3, 0.4) is 0 Å². The molecule has 1 saturated heterocycles. The van der Waals surface area contributed by atoms with Crippen molar-refractivity contribution in [2.75, 3.05) is 36.9 Å². The van der Waals surface area contributed by atoms with Crippen LogP contribution in [-0.2, 0) is 11.3 Å². The number of halogens is 3. The van der Waals surface area contributed by atoms with E-state index in [0.29, 0.717) is 28.1 Å². The van der Waals surface area contributed by atoms with Crippen LogP contribution < -0.4 is 15.4 Å². The monoisotopic (exact) mass is 589 g/mol. The van der Waals surface area contributed by atoms with Crippen LogP contribution in [0.15, 0.2) is 85.2 Å². The highest BCUT2D eigenvalue weighted by Gasteiger charge is 2.31. The number of aromatic nitrogens is 4. The van der Waals surface area contributed by atoms with Crippen LogP contribution in [0, 0.1) is 0 Å². The first-order valence-corrected chi connectivity index (χ1v) is 13.4. The van der Waals surface area contributed by atoms with Gasteiger partial charge in [0.2, 0.25) is 5.95 Å². The molecule has 2 N–H and O–H groups in total. The van der Waals surface area contributed by atoms with E-state index in [0.717, 1.165) is 38.4 Å². The van der Waals surface area contributed by atoms with Crippen molar-refractivity contribution >= 4 is 28.7 Å². The molecule has 6 rings (SSSR count). The summed E-state index contributed by atoms with van der Waals surface area (Å²) >= 11 is 0. The Labute approximate surface area is 244 Å². The van der Waals surface area contributed by atoms with Crippen molar-refractivity contribution in [3.05, 3.63) is 96.4 Å². The molecule has 0 spiro atoms. The maximum atomic E-state index is 12.9. The highest BCUT2D eigenvalue weighted by atomic mass is 19.4. The first-order chi connectivity index (χ1) is 20.8. The number of pyridine rings is 1. The molecule has 3 aromatic heterocycles. The summed E-state index contributed by atoms with van der Waals surface area (Å²) in [7, 11) is 0. The van der Waals surface area contributed by atoms with Gasteiger partial charge < -0.3 is 20.1 Å². The van der Waals surface area contributed by atoms with Gasteiger partial charge in [-0.25, -0.2) is 14.5 Å². The molecule has 2 aromatic carbocycles. The zero-order valence-corrected chi connectivity index (χ0v) is 22.7. The lowest BCUT2D eigenvalue weighted by Gasteiger charge is -2.26. The number of ether oxygens (including phenoxy) is 2. The van der Waals surface area contributed by atoms with E-state index < -0.39 is 6.36 Å². The topological polar surface area (TPSA) is 106 Å². The van der Waals surface area contributed by atoms with Crippen molar-refractivity contribution in [1.82, 2.24) is 24.5 Å². The summed E-state index contributed by atoms with van der Waals surface area (Å²) in [5, 5.41) is 10.4. The van der Waals surface area contributed by atoms with Crippen LogP contribution in [0.4, 0.5) is 30.5 Å². The van der Waals surface area contributed by atoms with Crippen LogP contribution in [0.5, 0.6) is 5.75 Å². The number of rotatable bonds is 8. The number of anilines is 3. The average Bonchev–Trinajstić information content (AvgIpc) is 3.46. The largest absolute Gasteiger partial charge is 0.573 e. The van der Waals surface area contributed by atoms with Gasteiger partial charge in [0.05, 0.1) is 30.6 Å². The molecule has 1 aliphatic rings. The van der Waals surface area contributed by atoms with Crippen LogP contribution in [0.2, 0.25) is 0 Å². The van der Waals surface area contributed by atoms with Crippen molar-refractivity contribution in [3.63, 3.8) is 0 Å². The molecule has 4 heterocycles.